The molecule has 0 spiro atoms. The maximum Gasteiger partial charge on any atom is 0.222 e. The van der Waals surface area contributed by atoms with Crippen molar-refractivity contribution in [3.63, 3.8) is 0 Å². The zero-order chi connectivity index (χ0) is 28.5. The van der Waals surface area contributed by atoms with Crippen LogP contribution in [0.1, 0.15) is 144 Å². The first-order chi connectivity index (χ1) is 18.3. The molecule has 5 nitrogen and oxygen atoms in total. The lowest BCUT2D eigenvalue weighted by Gasteiger charge is -2.29. The fourth-order valence-corrected chi connectivity index (χ4v) is 4.59. The quantitative estimate of drug-likeness (QED) is 0.0976. The van der Waals surface area contributed by atoms with Gasteiger partial charge >= 0.3 is 0 Å². The maximum absolute atomic E-state index is 14.8. The molecule has 0 aliphatic heterocycles. The molecule has 1 amide bonds. The fraction of sp³-hybridized carbons (Fsp3) is 0.969. The molecule has 6 heteroatoms. The van der Waals surface area contributed by atoms with Gasteiger partial charge in [0.05, 0.1) is 12.1 Å². The second-order valence-corrected chi connectivity index (χ2v) is 11.7. The van der Waals surface area contributed by atoms with Gasteiger partial charge in [-0.3, -0.25) is 4.79 Å². The van der Waals surface area contributed by atoms with E-state index in [1.54, 1.807) is 13.8 Å². The number of alkyl halides is 1. The molecule has 0 aromatic rings. The molecule has 0 aromatic heterocycles. The second-order valence-electron chi connectivity index (χ2n) is 11.7. The first-order valence-electron chi connectivity index (χ1n) is 16.1. The highest BCUT2D eigenvalue weighted by molar-refractivity contribution is 5.78. The average Bonchev–Trinajstić information content (AvgIpc) is 2.90. The van der Waals surface area contributed by atoms with Crippen LogP contribution in [0.3, 0.4) is 0 Å². The number of nitrogens with one attached hydrogen (secondary N) is 2. The molecule has 0 rings (SSSR count). The highest BCUT2D eigenvalue weighted by Crippen LogP contribution is 2.19. The van der Waals surface area contributed by atoms with E-state index >= 15 is 0 Å². The first-order valence-corrected chi connectivity index (χ1v) is 16.1. The van der Waals surface area contributed by atoms with E-state index in [-0.39, 0.29) is 18.4 Å². The predicted molar refractivity (Wildman–Crippen MR) is 161 cm³/mol. The molecular formula is C32H65FN2O3. The molecule has 3 atom stereocenters. The van der Waals surface area contributed by atoms with E-state index in [0.717, 1.165) is 45.3 Å². The minimum absolute atomic E-state index is 0.00727. The van der Waals surface area contributed by atoms with Gasteiger partial charge in [-0.1, -0.05) is 98.3 Å². The number of carbonyl (C=O) groups excluding carboxylic acids is 1. The van der Waals surface area contributed by atoms with Gasteiger partial charge in [0.15, 0.2) is 0 Å². The normalized spacial score (nSPS) is 14.4. The number of rotatable bonds is 28. The van der Waals surface area contributed by atoms with Gasteiger partial charge in [0, 0.05) is 31.8 Å². The van der Waals surface area contributed by atoms with Gasteiger partial charge in [0.2, 0.25) is 5.91 Å². The summed E-state index contributed by atoms with van der Waals surface area (Å²) in [5, 5.41) is 6.53. The summed E-state index contributed by atoms with van der Waals surface area (Å²) in [4.78, 5) is 12.3. The second kappa shape index (κ2) is 25.3. The molecule has 0 aliphatic carbocycles. The van der Waals surface area contributed by atoms with E-state index in [0.29, 0.717) is 19.3 Å². The van der Waals surface area contributed by atoms with Crippen LogP contribution < -0.4 is 10.6 Å². The Morgan fingerprint density at radius 2 is 1.32 bits per heavy atom. The van der Waals surface area contributed by atoms with Crippen molar-refractivity contribution >= 4 is 5.91 Å². The molecule has 0 radical (unpaired) electrons. The highest BCUT2D eigenvalue weighted by atomic mass is 19.1. The summed E-state index contributed by atoms with van der Waals surface area (Å²) in [6, 6.07) is 0.640. The number of hydrogen-bond donors (Lipinski definition) is 2. The van der Waals surface area contributed by atoms with Crippen LogP contribution in [0.15, 0.2) is 0 Å². The molecule has 228 valence electrons. The SMILES string of the molecule is CCCCCCC(CCCCC)NCCCOCCCOC(C)(C)C(F)CNC(=O)C(C)CCCCCC. The van der Waals surface area contributed by atoms with Crippen LogP contribution in [0, 0.1) is 5.92 Å². The summed E-state index contributed by atoms with van der Waals surface area (Å²) in [7, 11) is 0. The molecule has 0 aliphatic rings. The third kappa shape index (κ3) is 21.1. The van der Waals surface area contributed by atoms with Crippen molar-refractivity contribution in [3.8, 4) is 0 Å². The fourth-order valence-electron chi connectivity index (χ4n) is 4.59. The third-order valence-corrected chi connectivity index (χ3v) is 7.52. The van der Waals surface area contributed by atoms with Crippen molar-refractivity contribution in [3.05, 3.63) is 0 Å². The summed E-state index contributed by atoms with van der Waals surface area (Å²) < 4.78 is 26.4. The van der Waals surface area contributed by atoms with Crippen molar-refractivity contribution in [2.45, 2.75) is 162 Å². The average molecular weight is 545 g/mol. The van der Waals surface area contributed by atoms with Gasteiger partial charge in [-0.05, 0) is 52.5 Å². The summed E-state index contributed by atoms with van der Waals surface area (Å²) >= 11 is 0. The third-order valence-electron chi connectivity index (χ3n) is 7.52. The monoisotopic (exact) mass is 544 g/mol. The number of unbranched alkanes of at least 4 members (excludes halogenated alkanes) is 8. The zero-order valence-electron chi connectivity index (χ0n) is 26.2. The van der Waals surface area contributed by atoms with E-state index in [9.17, 15) is 9.18 Å². The lowest BCUT2D eigenvalue weighted by Crippen LogP contribution is -2.45. The van der Waals surface area contributed by atoms with E-state index < -0.39 is 11.8 Å². The van der Waals surface area contributed by atoms with E-state index in [1.807, 2.05) is 6.92 Å². The minimum Gasteiger partial charge on any atom is -0.381 e. The Morgan fingerprint density at radius 1 is 0.763 bits per heavy atom. The van der Waals surface area contributed by atoms with E-state index in [4.69, 9.17) is 9.47 Å². The summed E-state index contributed by atoms with van der Waals surface area (Å²) in [6.45, 7) is 14.9. The predicted octanol–water partition coefficient (Wildman–Crippen LogP) is 8.15. The lowest BCUT2D eigenvalue weighted by molar-refractivity contribution is -0.126. The largest absolute Gasteiger partial charge is 0.381 e. The molecule has 0 heterocycles. The number of hydrogen-bond acceptors (Lipinski definition) is 4. The summed E-state index contributed by atoms with van der Waals surface area (Å²) in [6.07, 6.45) is 17.7. The first kappa shape index (κ1) is 37.3. The van der Waals surface area contributed by atoms with Crippen molar-refractivity contribution in [2.24, 2.45) is 5.92 Å². The molecule has 0 aromatic carbocycles. The van der Waals surface area contributed by atoms with Gasteiger partial charge in [-0.25, -0.2) is 4.39 Å². The Kier molecular flexibility index (Phi) is 24.8. The number of halogens is 1. The molecule has 0 saturated carbocycles. The Hall–Kier alpha value is -0.720. The van der Waals surface area contributed by atoms with Crippen LogP contribution in [-0.2, 0) is 14.3 Å². The van der Waals surface area contributed by atoms with Gasteiger partial charge in [0.1, 0.15) is 6.17 Å². The maximum atomic E-state index is 14.8. The minimum atomic E-state index is -1.25. The van der Waals surface area contributed by atoms with Crippen LogP contribution in [0.5, 0.6) is 0 Å². The smallest absolute Gasteiger partial charge is 0.222 e. The van der Waals surface area contributed by atoms with Crippen molar-refractivity contribution in [2.75, 3.05) is 32.9 Å². The topological polar surface area (TPSA) is 59.6 Å². The van der Waals surface area contributed by atoms with Gasteiger partial charge in [-0.15, -0.1) is 0 Å². The van der Waals surface area contributed by atoms with Crippen molar-refractivity contribution in [1.82, 2.24) is 10.6 Å². The van der Waals surface area contributed by atoms with E-state index in [2.05, 4.69) is 31.4 Å². The van der Waals surface area contributed by atoms with Crippen molar-refractivity contribution in [1.29, 1.82) is 0 Å². The summed E-state index contributed by atoms with van der Waals surface area (Å²) in [5.41, 5.74) is -0.939. The number of carbonyl (C=O) groups is 1. The molecule has 0 bridgehead atoms. The lowest BCUT2D eigenvalue weighted by atomic mass is 10.0. The Morgan fingerprint density at radius 3 is 1.95 bits per heavy atom. The standard InChI is InChI=1S/C32H65FN2O3/c1-7-10-13-16-20-28(4)31(36)35-27-30(33)32(5,6)38-26-19-25-37-24-18-23-34-29(21-15-12-9-3)22-17-14-11-8-2/h28-30,34H,7-27H2,1-6H3,(H,35,36). The number of amides is 1. The van der Waals surface area contributed by atoms with Gasteiger partial charge in [-0.2, -0.15) is 0 Å². The van der Waals surface area contributed by atoms with Crippen LogP contribution in [-0.4, -0.2) is 56.6 Å². The molecule has 0 saturated heterocycles. The molecule has 2 N–H and O–H groups in total. The van der Waals surface area contributed by atoms with Gasteiger partial charge < -0.3 is 20.1 Å². The van der Waals surface area contributed by atoms with Gasteiger partial charge in [0.25, 0.3) is 0 Å². The Labute approximate surface area is 236 Å². The Balaban J connectivity index is 3.94. The van der Waals surface area contributed by atoms with E-state index in [1.165, 1.54) is 70.6 Å². The molecule has 3 unspecified atom stereocenters. The molecular weight excluding hydrogens is 479 g/mol. The van der Waals surface area contributed by atoms with Crippen LogP contribution in [0.2, 0.25) is 0 Å². The number of ether oxygens (including phenoxy) is 2. The molecule has 0 fully saturated rings. The summed E-state index contributed by atoms with van der Waals surface area (Å²) in [5.74, 6) is -0.139. The molecule has 38 heavy (non-hydrogen) atoms. The van der Waals surface area contributed by atoms with Crippen molar-refractivity contribution < 1.29 is 18.7 Å². The van der Waals surface area contributed by atoms with Crippen LogP contribution in [0.4, 0.5) is 4.39 Å². The highest BCUT2D eigenvalue weighted by Gasteiger charge is 2.31. The Bertz CT molecular complexity index is 533. The van der Waals surface area contributed by atoms with Crippen LogP contribution in [0.25, 0.3) is 0 Å². The van der Waals surface area contributed by atoms with Crippen LogP contribution >= 0.6 is 0 Å². The zero-order valence-corrected chi connectivity index (χ0v) is 26.2.